The first-order valence-electron chi connectivity index (χ1n) is 6.28. The lowest BCUT2D eigenvalue weighted by atomic mass is 10.4. The smallest absolute Gasteiger partial charge is 0.342 e. The van der Waals surface area contributed by atoms with Crippen LogP contribution in [0.2, 0.25) is 0 Å². The van der Waals surface area contributed by atoms with Gasteiger partial charge in [0, 0.05) is 19.6 Å². The molecule has 0 atom stereocenters. The topological polar surface area (TPSA) is 71.0 Å². The lowest BCUT2D eigenvalue weighted by Gasteiger charge is -2.14. The highest BCUT2D eigenvalue weighted by molar-refractivity contribution is 7.99. The highest BCUT2D eigenvalue weighted by atomic mass is 32.2. The first-order chi connectivity index (χ1) is 8.72. The zero-order valence-corrected chi connectivity index (χ0v) is 11.3. The van der Waals surface area contributed by atoms with E-state index in [1.807, 2.05) is 11.8 Å². The van der Waals surface area contributed by atoms with Crippen molar-refractivity contribution < 1.29 is 4.79 Å². The largest absolute Gasteiger partial charge is 0.343 e. The van der Waals surface area contributed by atoms with Crippen LogP contribution in [0.25, 0.3) is 0 Å². The van der Waals surface area contributed by atoms with E-state index in [4.69, 9.17) is 0 Å². The van der Waals surface area contributed by atoms with Gasteiger partial charge in [-0.3, -0.25) is 9.36 Å². The maximum absolute atomic E-state index is 11.9. The second-order valence-electron chi connectivity index (χ2n) is 4.34. The SMILES string of the molecule is CCCn1c(SCC(=O)N2CCCC2)n[nH]c1=O. The quantitative estimate of drug-likeness (QED) is 0.799. The second-order valence-corrected chi connectivity index (χ2v) is 5.28. The summed E-state index contributed by atoms with van der Waals surface area (Å²) in [6.07, 6.45) is 3.06. The summed E-state index contributed by atoms with van der Waals surface area (Å²) in [5.41, 5.74) is -0.201. The zero-order chi connectivity index (χ0) is 13.0. The van der Waals surface area contributed by atoms with E-state index in [0.29, 0.717) is 17.5 Å². The number of rotatable bonds is 5. The molecule has 7 heteroatoms. The number of nitrogens with zero attached hydrogens (tertiary/aromatic N) is 3. The molecule has 0 bridgehead atoms. The van der Waals surface area contributed by atoms with Gasteiger partial charge in [0.25, 0.3) is 0 Å². The number of carbonyl (C=O) groups excluding carboxylic acids is 1. The fourth-order valence-electron chi connectivity index (χ4n) is 2.02. The minimum absolute atomic E-state index is 0.135. The third kappa shape index (κ3) is 2.95. The summed E-state index contributed by atoms with van der Waals surface area (Å²) in [6.45, 7) is 4.36. The average molecular weight is 270 g/mol. The van der Waals surface area contributed by atoms with Crippen LogP contribution in [0.3, 0.4) is 0 Å². The second kappa shape index (κ2) is 6.08. The molecule has 100 valence electrons. The van der Waals surface area contributed by atoms with Crippen molar-refractivity contribution >= 4 is 17.7 Å². The van der Waals surface area contributed by atoms with Gasteiger partial charge in [0.1, 0.15) is 0 Å². The number of aromatic nitrogens is 3. The molecular weight excluding hydrogens is 252 g/mol. The van der Waals surface area contributed by atoms with Gasteiger partial charge in [-0.2, -0.15) is 0 Å². The number of thioether (sulfide) groups is 1. The van der Waals surface area contributed by atoms with Crippen molar-refractivity contribution in [2.45, 2.75) is 37.9 Å². The third-order valence-electron chi connectivity index (χ3n) is 2.95. The van der Waals surface area contributed by atoms with E-state index in [1.165, 1.54) is 11.8 Å². The Morgan fingerprint density at radius 2 is 2.17 bits per heavy atom. The minimum atomic E-state index is -0.201. The Balaban J connectivity index is 1.93. The van der Waals surface area contributed by atoms with Gasteiger partial charge in [0.05, 0.1) is 5.75 Å². The molecule has 1 saturated heterocycles. The molecule has 1 fully saturated rings. The van der Waals surface area contributed by atoms with E-state index >= 15 is 0 Å². The molecular formula is C11H18N4O2S. The third-order valence-corrected chi connectivity index (χ3v) is 3.92. The van der Waals surface area contributed by atoms with Crippen molar-refractivity contribution in [2.24, 2.45) is 0 Å². The molecule has 1 aliphatic heterocycles. The number of likely N-dealkylation sites (tertiary alicyclic amines) is 1. The molecule has 1 aromatic rings. The first-order valence-corrected chi connectivity index (χ1v) is 7.26. The van der Waals surface area contributed by atoms with Crippen LogP contribution in [0.4, 0.5) is 0 Å². The molecule has 0 unspecified atom stereocenters. The zero-order valence-electron chi connectivity index (χ0n) is 10.5. The van der Waals surface area contributed by atoms with Crippen molar-refractivity contribution in [1.29, 1.82) is 0 Å². The lowest BCUT2D eigenvalue weighted by molar-refractivity contribution is -0.127. The summed E-state index contributed by atoms with van der Waals surface area (Å²) in [7, 11) is 0. The van der Waals surface area contributed by atoms with Crippen LogP contribution >= 0.6 is 11.8 Å². The average Bonchev–Trinajstić information content (AvgIpc) is 2.99. The number of hydrogen-bond donors (Lipinski definition) is 1. The Bertz CT molecular complexity index is 462. The predicted octanol–water partition coefficient (Wildman–Crippen LogP) is 0.696. The monoisotopic (exact) mass is 270 g/mol. The molecule has 2 rings (SSSR count). The van der Waals surface area contributed by atoms with E-state index in [0.717, 1.165) is 32.4 Å². The van der Waals surface area contributed by atoms with Crippen molar-refractivity contribution in [3.63, 3.8) is 0 Å². The van der Waals surface area contributed by atoms with Gasteiger partial charge in [-0.1, -0.05) is 18.7 Å². The molecule has 0 spiro atoms. The van der Waals surface area contributed by atoms with Gasteiger partial charge in [0.15, 0.2) is 5.16 Å². The molecule has 1 amide bonds. The first kappa shape index (κ1) is 13.2. The van der Waals surface area contributed by atoms with Crippen molar-refractivity contribution in [2.75, 3.05) is 18.8 Å². The van der Waals surface area contributed by atoms with Gasteiger partial charge in [-0.25, -0.2) is 9.89 Å². The van der Waals surface area contributed by atoms with Crippen molar-refractivity contribution in [3.8, 4) is 0 Å². The number of carbonyl (C=O) groups is 1. The van der Waals surface area contributed by atoms with E-state index in [9.17, 15) is 9.59 Å². The standard InChI is InChI=1S/C11H18N4O2S/c1-2-5-15-10(17)12-13-11(15)18-8-9(16)14-6-3-4-7-14/h2-8H2,1H3,(H,12,17). The lowest BCUT2D eigenvalue weighted by Crippen LogP contribution is -2.29. The Morgan fingerprint density at radius 1 is 1.44 bits per heavy atom. The van der Waals surface area contributed by atoms with Crippen LogP contribution < -0.4 is 5.69 Å². The Hall–Kier alpha value is -1.24. The molecule has 0 aliphatic carbocycles. The van der Waals surface area contributed by atoms with E-state index < -0.39 is 0 Å². The number of nitrogens with one attached hydrogen (secondary N) is 1. The Morgan fingerprint density at radius 3 is 2.83 bits per heavy atom. The number of H-pyrrole nitrogens is 1. The van der Waals surface area contributed by atoms with E-state index in [1.54, 1.807) is 4.57 Å². The van der Waals surface area contributed by atoms with Crippen LogP contribution in [0.5, 0.6) is 0 Å². The van der Waals surface area contributed by atoms with Gasteiger partial charge >= 0.3 is 5.69 Å². The van der Waals surface area contributed by atoms with Crippen LogP contribution in [0.1, 0.15) is 26.2 Å². The highest BCUT2D eigenvalue weighted by Crippen LogP contribution is 2.16. The summed E-state index contributed by atoms with van der Waals surface area (Å²) in [6, 6.07) is 0. The summed E-state index contributed by atoms with van der Waals surface area (Å²) in [5.74, 6) is 0.490. The predicted molar refractivity (Wildman–Crippen MR) is 69.7 cm³/mol. The molecule has 1 N–H and O–H groups in total. The van der Waals surface area contributed by atoms with Gasteiger partial charge in [-0.15, -0.1) is 5.10 Å². The van der Waals surface area contributed by atoms with Crippen LogP contribution in [-0.2, 0) is 11.3 Å². The highest BCUT2D eigenvalue weighted by Gasteiger charge is 2.19. The fraction of sp³-hybridized carbons (Fsp3) is 0.727. The fourth-order valence-corrected chi connectivity index (χ4v) is 2.89. The summed E-state index contributed by atoms with van der Waals surface area (Å²) < 4.78 is 1.59. The van der Waals surface area contributed by atoms with Crippen molar-refractivity contribution in [1.82, 2.24) is 19.7 Å². The summed E-state index contributed by atoms with van der Waals surface area (Å²) >= 11 is 1.33. The maximum atomic E-state index is 11.9. The number of amides is 1. The van der Waals surface area contributed by atoms with E-state index in [2.05, 4.69) is 10.2 Å². The molecule has 6 nitrogen and oxygen atoms in total. The summed E-state index contributed by atoms with van der Waals surface area (Å²) in [5, 5.41) is 6.98. The Labute approximate surface area is 110 Å². The van der Waals surface area contributed by atoms with E-state index in [-0.39, 0.29) is 11.6 Å². The van der Waals surface area contributed by atoms with Crippen LogP contribution in [0.15, 0.2) is 9.95 Å². The normalized spacial score (nSPS) is 15.3. The Kier molecular flexibility index (Phi) is 4.46. The van der Waals surface area contributed by atoms with Crippen molar-refractivity contribution in [3.05, 3.63) is 10.5 Å². The van der Waals surface area contributed by atoms with Gasteiger partial charge in [0.2, 0.25) is 5.91 Å². The van der Waals surface area contributed by atoms with Gasteiger partial charge in [-0.05, 0) is 19.3 Å². The molecule has 0 aromatic carbocycles. The molecule has 0 radical (unpaired) electrons. The van der Waals surface area contributed by atoms with Crippen LogP contribution in [0, 0.1) is 0 Å². The molecule has 1 aromatic heterocycles. The van der Waals surface area contributed by atoms with Crippen LogP contribution in [-0.4, -0.2) is 44.4 Å². The minimum Gasteiger partial charge on any atom is -0.342 e. The van der Waals surface area contributed by atoms with Gasteiger partial charge < -0.3 is 4.90 Å². The maximum Gasteiger partial charge on any atom is 0.343 e. The molecule has 18 heavy (non-hydrogen) atoms. The number of aromatic amines is 1. The summed E-state index contributed by atoms with van der Waals surface area (Å²) in [4.78, 5) is 25.2. The number of hydrogen-bond acceptors (Lipinski definition) is 4. The molecule has 0 saturated carbocycles. The molecule has 1 aliphatic rings. The molecule has 2 heterocycles.